The van der Waals surface area contributed by atoms with Gasteiger partial charge in [0.05, 0.1) is 18.3 Å². The van der Waals surface area contributed by atoms with Gasteiger partial charge in [-0.2, -0.15) is 0 Å². The Balaban J connectivity index is 2.94. The maximum atomic E-state index is 10.7. The number of methoxy groups -OCH3 is 1. The Morgan fingerprint density at radius 2 is 2.40 bits per heavy atom. The first-order valence-electron chi connectivity index (χ1n) is 4.48. The van der Waals surface area contributed by atoms with Crippen molar-refractivity contribution in [3.8, 4) is 0 Å². The number of aromatic carboxylic acids is 1. The third kappa shape index (κ3) is 2.51. The lowest BCUT2D eigenvalue weighted by Gasteiger charge is -2.10. The molecule has 0 aliphatic heterocycles. The van der Waals surface area contributed by atoms with Gasteiger partial charge in [0.25, 0.3) is 0 Å². The van der Waals surface area contributed by atoms with Crippen LogP contribution in [0.2, 0.25) is 0 Å². The van der Waals surface area contributed by atoms with Gasteiger partial charge in [0.1, 0.15) is 0 Å². The van der Waals surface area contributed by atoms with E-state index in [-0.39, 0.29) is 18.3 Å². The smallest absolute Gasteiger partial charge is 0.358 e. The van der Waals surface area contributed by atoms with Crippen LogP contribution in [-0.4, -0.2) is 39.3 Å². The minimum atomic E-state index is -1.12. The second kappa shape index (κ2) is 4.85. The summed E-state index contributed by atoms with van der Waals surface area (Å²) in [4.78, 5) is 10.7. The Kier molecular flexibility index (Phi) is 3.75. The summed E-state index contributed by atoms with van der Waals surface area (Å²) >= 11 is 0. The van der Waals surface area contributed by atoms with Crippen LogP contribution in [0.4, 0.5) is 0 Å². The minimum Gasteiger partial charge on any atom is -0.476 e. The molecular weight excluding hydrogens is 200 g/mol. The molecule has 7 heteroatoms. The quantitative estimate of drug-likeness (QED) is 0.683. The Labute approximate surface area is 86.8 Å². The van der Waals surface area contributed by atoms with Gasteiger partial charge in [0, 0.05) is 13.7 Å². The Morgan fingerprint density at radius 1 is 1.73 bits per heavy atom. The molecule has 0 amide bonds. The van der Waals surface area contributed by atoms with E-state index in [0.717, 1.165) is 0 Å². The molecule has 1 unspecified atom stereocenters. The van der Waals surface area contributed by atoms with Gasteiger partial charge < -0.3 is 15.6 Å². The zero-order valence-electron chi connectivity index (χ0n) is 8.67. The van der Waals surface area contributed by atoms with E-state index >= 15 is 0 Å². The van der Waals surface area contributed by atoms with Crippen LogP contribution in [0.1, 0.15) is 23.1 Å². The topological polar surface area (TPSA) is 103 Å². The van der Waals surface area contributed by atoms with Crippen molar-refractivity contribution in [1.29, 1.82) is 0 Å². The predicted octanol–water partition coefficient (Wildman–Crippen LogP) is -0.530. The van der Waals surface area contributed by atoms with Crippen molar-refractivity contribution in [1.82, 2.24) is 15.0 Å². The Hall–Kier alpha value is -1.47. The maximum absolute atomic E-state index is 10.7. The van der Waals surface area contributed by atoms with Gasteiger partial charge in [-0.25, -0.2) is 9.48 Å². The highest BCUT2D eigenvalue weighted by Crippen LogP contribution is 2.06. The number of hydrogen-bond donors (Lipinski definition) is 2. The van der Waals surface area contributed by atoms with E-state index in [0.29, 0.717) is 12.2 Å². The van der Waals surface area contributed by atoms with Crippen LogP contribution in [-0.2, 0) is 17.8 Å². The molecule has 0 bridgehead atoms. The summed E-state index contributed by atoms with van der Waals surface area (Å²) in [7, 11) is 1.57. The molecule has 0 radical (unpaired) electrons. The van der Waals surface area contributed by atoms with Gasteiger partial charge in [-0.1, -0.05) is 5.21 Å². The van der Waals surface area contributed by atoms with Crippen molar-refractivity contribution in [2.45, 2.75) is 26.1 Å². The maximum Gasteiger partial charge on any atom is 0.358 e. The molecule has 0 aliphatic rings. The molecule has 1 atom stereocenters. The van der Waals surface area contributed by atoms with E-state index in [4.69, 9.17) is 15.6 Å². The van der Waals surface area contributed by atoms with Crippen LogP contribution in [0.5, 0.6) is 0 Å². The molecule has 0 saturated heterocycles. The molecule has 15 heavy (non-hydrogen) atoms. The van der Waals surface area contributed by atoms with Gasteiger partial charge in [-0.15, -0.1) is 5.10 Å². The molecule has 1 rings (SSSR count). The second-order valence-electron chi connectivity index (χ2n) is 3.12. The number of nitrogens with two attached hydrogens (primary N) is 1. The molecule has 3 N–H and O–H groups in total. The normalized spacial score (nSPS) is 12.7. The summed E-state index contributed by atoms with van der Waals surface area (Å²) in [6.07, 6.45) is -0.0707. The summed E-state index contributed by atoms with van der Waals surface area (Å²) in [5, 5.41) is 16.1. The first-order valence-corrected chi connectivity index (χ1v) is 4.48. The second-order valence-corrected chi connectivity index (χ2v) is 3.12. The summed E-state index contributed by atoms with van der Waals surface area (Å²) in [5.74, 6) is -1.12. The van der Waals surface area contributed by atoms with Gasteiger partial charge in [-0.05, 0) is 6.92 Å². The first kappa shape index (κ1) is 11.6. The fourth-order valence-corrected chi connectivity index (χ4v) is 1.17. The van der Waals surface area contributed by atoms with Crippen molar-refractivity contribution in [2.24, 2.45) is 5.73 Å². The van der Waals surface area contributed by atoms with E-state index in [2.05, 4.69) is 10.3 Å². The van der Waals surface area contributed by atoms with Crippen molar-refractivity contribution in [2.75, 3.05) is 7.11 Å². The van der Waals surface area contributed by atoms with Crippen molar-refractivity contribution >= 4 is 5.97 Å². The number of rotatable bonds is 5. The van der Waals surface area contributed by atoms with Crippen LogP contribution < -0.4 is 5.73 Å². The largest absolute Gasteiger partial charge is 0.476 e. The van der Waals surface area contributed by atoms with Crippen molar-refractivity contribution in [3.05, 3.63) is 11.4 Å². The lowest BCUT2D eigenvalue weighted by atomic mass is 10.3. The monoisotopic (exact) mass is 214 g/mol. The number of carboxylic acid groups (broad SMARTS) is 1. The van der Waals surface area contributed by atoms with E-state index in [1.807, 2.05) is 6.92 Å². The fourth-order valence-electron chi connectivity index (χ4n) is 1.17. The lowest BCUT2D eigenvalue weighted by Crippen LogP contribution is -2.20. The Morgan fingerprint density at radius 3 is 2.87 bits per heavy atom. The van der Waals surface area contributed by atoms with E-state index < -0.39 is 5.97 Å². The molecule has 0 saturated carbocycles. The summed E-state index contributed by atoms with van der Waals surface area (Å²) in [6, 6.07) is 0. The highest BCUT2D eigenvalue weighted by atomic mass is 16.5. The molecule has 1 aromatic heterocycles. The molecule has 0 fully saturated rings. The number of hydrogen-bond acceptors (Lipinski definition) is 5. The van der Waals surface area contributed by atoms with Crippen molar-refractivity contribution in [3.63, 3.8) is 0 Å². The molecule has 1 aromatic rings. The molecule has 7 nitrogen and oxygen atoms in total. The van der Waals surface area contributed by atoms with E-state index in [1.165, 1.54) is 4.68 Å². The summed E-state index contributed by atoms with van der Waals surface area (Å²) in [6.45, 7) is 2.37. The average molecular weight is 214 g/mol. The van der Waals surface area contributed by atoms with Gasteiger partial charge in [-0.3, -0.25) is 0 Å². The summed E-state index contributed by atoms with van der Waals surface area (Å²) < 4.78 is 6.50. The molecule has 0 aliphatic carbocycles. The summed E-state index contributed by atoms with van der Waals surface area (Å²) in [5.41, 5.74) is 5.76. The number of carboxylic acids is 1. The number of nitrogens with zero attached hydrogens (tertiary/aromatic N) is 3. The highest BCUT2D eigenvalue weighted by Gasteiger charge is 2.18. The fraction of sp³-hybridized carbons (Fsp3) is 0.625. The standard InChI is InChI=1S/C8H14N4O3/c1-5(15-2)4-12-6(3-9)7(8(13)14)10-11-12/h5H,3-4,9H2,1-2H3,(H,13,14). The van der Waals surface area contributed by atoms with E-state index in [9.17, 15) is 4.79 Å². The molecule has 0 aromatic carbocycles. The molecular formula is C8H14N4O3. The SMILES string of the molecule is COC(C)Cn1nnc(C(=O)O)c1CN. The van der Waals surface area contributed by atoms with Gasteiger partial charge >= 0.3 is 5.97 Å². The van der Waals surface area contributed by atoms with Gasteiger partial charge in [0.15, 0.2) is 5.69 Å². The van der Waals surface area contributed by atoms with Crippen LogP contribution in [0.15, 0.2) is 0 Å². The molecule has 0 spiro atoms. The zero-order chi connectivity index (χ0) is 11.4. The predicted molar refractivity (Wildman–Crippen MR) is 51.3 cm³/mol. The molecule has 1 heterocycles. The lowest BCUT2D eigenvalue weighted by molar-refractivity contribution is 0.0688. The first-order chi connectivity index (χ1) is 7.10. The number of ether oxygens (including phenoxy) is 1. The number of carbonyl (C=O) groups is 1. The highest BCUT2D eigenvalue weighted by molar-refractivity contribution is 5.86. The van der Waals surface area contributed by atoms with Crippen LogP contribution >= 0.6 is 0 Å². The van der Waals surface area contributed by atoms with Gasteiger partial charge in [0.2, 0.25) is 0 Å². The average Bonchev–Trinajstić information content (AvgIpc) is 2.60. The minimum absolute atomic E-state index is 0.0707. The Bertz CT molecular complexity index is 350. The third-order valence-electron chi connectivity index (χ3n) is 2.07. The van der Waals surface area contributed by atoms with Crippen LogP contribution in [0.3, 0.4) is 0 Å². The van der Waals surface area contributed by atoms with Crippen LogP contribution in [0.25, 0.3) is 0 Å². The van der Waals surface area contributed by atoms with Crippen LogP contribution in [0, 0.1) is 0 Å². The van der Waals surface area contributed by atoms with E-state index in [1.54, 1.807) is 7.11 Å². The van der Waals surface area contributed by atoms with Crippen molar-refractivity contribution < 1.29 is 14.6 Å². The third-order valence-corrected chi connectivity index (χ3v) is 2.07. The molecule has 84 valence electrons. The number of aromatic nitrogens is 3. The zero-order valence-corrected chi connectivity index (χ0v) is 8.67.